The van der Waals surface area contributed by atoms with E-state index in [0.29, 0.717) is 18.9 Å². The summed E-state index contributed by atoms with van der Waals surface area (Å²) in [6.07, 6.45) is 5.48. The summed E-state index contributed by atoms with van der Waals surface area (Å²) in [4.78, 5) is 5.67. The summed E-state index contributed by atoms with van der Waals surface area (Å²) in [5.74, 6) is 1.45. The number of nitrogens with one attached hydrogen (secondary N) is 1. The van der Waals surface area contributed by atoms with Crippen LogP contribution >= 0.6 is 11.6 Å². The first-order valence-corrected chi connectivity index (χ1v) is 9.98. The molecule has 0 atom stereocenters. The van der Waals surface area contributed by atoms with Gasteiger partial charge < -0.3 is 9.57 Å². The van der Waals surface area contributed by atoms with Crippen molar-refractivity contribution in [1.29, 1.82) is 0 Å². The second-order valence-electron chi connectivity index (χ2n) is 7.28. The Morgan fingerprint density at radius 2 is 1.89 bits per heavy atom. The summed E-state index contributed by atoms with van der Waals surface area (Å²) >= 11 is 6.04. The van der Waals surface area contributed by atoms with E-state index < -0.39 is 0 Å². The zero-order chi connectivity index (χ0) is 19.8. The summed E-state index contributed by atoms with van der Waals surface area (Å²) in [5.41, 5.74) is 6.29. The molecular weight excluding hydrogens is 372 g/mol. The number of hydrogen-bond donors (Lipinski definition) is 1. The summed E-state index contributed by atoms with van der Waals surface area (Å²) in [6, 6.07) is 18.1. The van der Waals surface area contributed by atoms with Gasteiger partial charge in [-0.2, -0.15) is 0 Å². The van der Waals surface area contributed by atoms with Crippen LogP contribution in [0, 0.1) is 5.92 Å². The van der Waals surface area contributed by atoms with Crippen molar-refractivity contribution in [3.63, 3.8) is 0 Å². The monoisotopic (exact) mass is 398 g/mol. The van der Waals surface area contributed by atoms with Gasteiger partial charge in [-0.1, -0.05) is 73.5 Å². The zero-order valence-electron chi connectivity index (χ0n) is 16.4. The Labute approximate surface area is 172 Å². The first-order chi connectivity index (χ1) is 13.6. The van der Waals surface area contributed by atoms with Crippen molar-refractivity contribution in [3.8, 4) is 0 Å². The first-order valence-electron chi connectivity index (χ1n) is 9.60. The number of rotatable bonds is 9. The van der Waals surface area contributed by atoms with Crippen molar-refractivity contribution in [1.82, 2.24) is 10.6 Å². The Morgan fingerprint density at radius 1 is 1.14 bits per heavy atom. The van der Waals surface area contributed by atoms with Gasteiger partial charge in [0.25, 0.3) is 0 Å². The molecule has 0 fully saturated rings. The van der Waals surface area contributed by atoms with Crippen LogP contribution in [0.15, 0.2) is 72.8 Å². The number of ether oxygens (including phenoxy) is 1. The fraction of sp³-hybridized carbons (Fsp3) is 0.304. The average Bonchev–Trinajstić information content (AvgIpc) is 3.12. The van der Waals surface area contributed by atoms with Crippen LogP contribution in [0.5, 0.6) is 0 Å². The summed E-state index contributed by atoms with van der Waals surface area (Å²) in [6.45, 7) is 5.82. The van der Waals surface area contributed by atoms with Crippen LogP contribution in [0.25, 0.3) is 5.57 Å². The Hall–Kier alpha value is -2.43. The molecule has 0 aromatic heterocycles. The van der Waals surface area contributed by atoms with E-state index in [4.69, 9.17) is 21.2 Å². The van der Waals surface area contributed by atoms with Gasteiger partial charge in [0.2, 0.25) is 0 Å². The van der Waals surface area contributed by atoms with Crippen LogP contribution in [0.2, 0.25) is 5.02 Å². The van der Waals surface area contributed by atoms with Gasteiger partial charge in [-0.25, -0.2) is 0 Å². The molecule has 1 aliphatic heterocycles. The van der Waals surface area contributed by atoms with E-state index in [2.05, 4.69) is 31.6 Å². The van der Waals surface area contributed by atoms with E-state index in [1.807, 2.05) is 59.9 Å². The number of hydrogen-bond acceptors (Lipinski definition) is 4. The molecule has 0 amide bonds. The maximum atomic E-state index is 6.04. The Balaban J connectivity index is 1.67. The molecule has 3 rings (SSSR count). The van der Waals surface area contributed by atoms with Gasteiger partial charge in [-0.3, -0.25) is 5.01 Å². The van der Waals surface area contributed by atoms with Gasteiger partial charge in [0.1, 0.15) is 5.76 Å². The first kappa shape index (κ1) is 20.3. The summed E-state index contributed by atoms with van der Waals surface area (Å²) < 4.78 is 5.81. The maximum absolute atomic E-state index is 6.04. The smallest absolute Gasteiger partial charge is 0.148 e. The fourth-order valence-corrected chi connectivity index (χ4v) is 2.94. The van der Waals surface area contributed by atoms with Crippen LogP contribution < -0.4 is 5.59 Å². The van der Waals surface area contributed by atoms with Crippen molar-refractivity contribution in [3.05, 3.63) is 89.0 Å². The van der Waals surface area contributed by atoms with Crippen molar-refractivity contribution in [2.45, 2.75) is 33.2 Å². The Morgan fingerprint density at radius 3 is 2.61 bits per heavy atom. The molecule has 1 heterocycles. The average molecular weight is 399 g/mol. The number of halogens is 1. The van der Waals surface area contributed by atoms with Crippen molar-refractivity contribution in [2.24, 2.45) is 5.92 Å². The van der Waals surface area contributed by atoms with Gasteiger partial charge in [-0.15, -0.1) is 0 Å². The highest BCUT2D eigenvalue weighted by Crippen LogP contribution is 2.26. The van der Waals surface area contributed by atoms with Crippen molar-refractivity contribution < 1.29 is 9.57 Å². The molecule has 0 bridgehead atoms. The standard InChI is InChI=1S/C23H27ClN2O2/c1-18(2)12-13-27-17-21(20-8-10-22(24)11-9-20)14-23-16-26(25-28-23)15-19-6-4-3-5-7-19/h3-11,16-18,25H,12-15H2,1-2H3. The minimum Gasteiger partial charge on any atom is -0.501 e. The van der Waals surface area contributed by atoms with E-state index in [1.165, 1.54) is 5.56 Å². The second-order valence-corrected chi connectivity index (χ2v) is 7.72. The lowest BCUT2D eigenvalue weighted by atomic mass is 10.0. The Bertz CT molecular complexity index is 801. The molecule has 0 saturated carbocycles. The SMILES string of the molecule is CC(C)CCOC=C(CC1=CN(Cc2ccccc2)NO1)c1ccc(Cl)cc1. The second kappa shape index (κ2) is 10.2. The molecule has 0 aliphatic carbocycles. The molecule has 1 N–H and O–H groups in total. The third-order valence-corrected chi connectivity index (χ3v) is 4.66. The molecule has 5 heteroatoms. The molecule has 4 nitrogen and oxygen atoms in total. The summed E-state index contributed by atoms with van der Waals surface area (Å²) in [5, 5.41) is 2.65. The van der Waals surface area contributed by atoms with Crippen molar-refractivity contribution in [2.75, 3.05) is 6.61 Å². The Kier molecular flexibility index (Phi) is 7.40. The lowest BCUT2D eigenvalue weighted by molar-refractivity contribution is 0.0164. The molecule has 0 radical (unpaired) electrons. The molecule has 2 aromatic carbocycles. The molecule has 0 saturated heterocycles. The maximum Gasteiger partial charge on any atom is 0.148 e. The molecule has 1 aliphatic rings. The number of nitrogens with zero attached hydrogens (tertiary/aromatic N) is 1. The lowest BCUT2D eigenvalue weighted by Crippen LogP contribution is -2.26. The molecule has 2 aromatic rings. The highest BCUT2D eigenvalue weighted by molar-refractivity contribution is 6.30. The number of allylic oxidation sites excluding steroid dienone is 1. The lowest BCUT2D eigenvalue weighted by Gasteiger charge is -2.13. The molecule has 0 spiro atoms. The predicted octanol–water partition coefficient (Wildman–Crippen LogP) is 5.93. The minimum atomic E-state index is 0.615. The highest BCUT2D eigenvalue weighted by atomic mass is 35.5. The van der Waals surface area contributed by atoms with Gasteiger partial charge in [0, 0.05) is 17.0 Å². The minimum absolute atomic E-state index is 0.615. The highest BCUT2D eigenvalue weighted by Gasteiger charge is 2.16. The normalized spacial score (nSPS) is 14.2. The van der Waals surface area contributed by atoms with E-state index in [1.54, 1.807) is 0 Å². The van der Waals surface area contributed by atoms with E-state index in [-0.39, 0.29) is 0 Å². The van der Waals surface area contributed by atoms with Crippen molar-refractivity contribution >= 4 is 17.2 Å². The largest absolute Gasteiger partial charge is 0.501 e. The van der Waals surface area contributed by atoms with Crippen LogP contribution in [-0.2, 0) is 16.1 Å². The predicted molar refractivity (Wildman–Crippen MR) is 114 cm³/mol. The molecule has 28 heavy (non-hydrogen) atoms. The van der Waals surface area contributed by atoms with E-state index in [0.717, 1.165) is 34.9 Å². The van der Waals surface area contributed by atoms with Gasteiger partial charge in [-0.05, 0) is 35.6 Å². The van der Waals surface area contributed by atoms with E-state index in [9.17, 15) is 0 Å². The van der Waals surface area contributed by atoms with Crippen LogP contribution in [0.1, 0.15) is 37.8 Å². The number of benzene rings is 2. The van der Waals surface area contributed by atoms with Gasteiger partial charge >= 0.3 is 0 Å². The third kappa shape index (κ3) is 6.32. The topological polar surface area (TPSA) is 33.7 Å². The quantitative estimate of drug-likeness (QED) is 0.419. The van der Waals surface area contributed by atoms with Gasteiger partial charge in [0.05, 0.1) is 25.6 Å². The summed E-state index contributed by atoms with van der Waals surface area (Å²) in [7, 11) is 0. The number of hydrazine groups is 1. The zero-order valence-corrected chi connectivity index (χ0v) is 17.2. The molecule has 148 valence electrons. The van der Waals surface area contributed by atoms with Crippen LogP contribution in [0.3, 0.4) is 0 Å². The third-order valence-electron chi connectivity index (χ3n) is 4.41. The van der Waals surface area contributed by atoms with Crippen LogP contribution in [-0.4, -0.2) is 11.6 Å². The van der Waals surface area contributed by atoms with E-state index >= 15 is 0 Å². The molecular formula is C23H27ClN2O2. The fourth-order valence-electron chi connectivity index (χ4n) is 2.81. The van der Waals surface area contributed by atoms with Gasteiger partial charge in [0.15, 0.2) is 0 Å². The molecule has 0 unspecified atom stereocenters. The van der Waals surface area contributed by atoms with Crippen LogP contribution in [0.4, 0.5) is 0 Å².